The Labute approximate surface area is 244 Å². The van der Waals surface area contributed by atoms with Crippen LogP contribution in [0.4, 0.5) is 4.39 Å². The molecule has 42 heavy (non-hydrogen) atoms. The molecule has 8 nitrogen and oxygen atoms in total. The van der Waals surface area contributed by atoms with Crippen molar-refractivity contribution in [2.75, 3.05) is 13.2 Å². The monoisotopic (exact) mass is 575 g/mol. The number of benzene rings is 3. The van der Waals surface area contributed by atoms with Crippen LogP contribution in [0, 0.1) is 0 Å². The minimum absolute atomic E-state index is 0.0525. The van der Waals surface area contributed by atoms with E-state index in [-0.39, 0.29) is 13.2 Å². The highest BCUT2D eigenvalue weighted by Gasteiger charge is 2.68. The number of alkyl halides is 1. The summed E-state index contributed by atoms with van der Waals surface area (Å²) in [4.78, 5) is 25.1. The van der Waals surface area contributed by atoms with E-state index in [1.54, 1.807) is 20.8 Å². The Morgan fingerprint density at radius 1 is 0.905 bits per heavy atom. The molecule has 220 valence electrons. The number of hydrogen-bond acceptors (Lipinski definition) is 7. The summed E-state index contributed by atoms with van der Waals surface area (Å²) in [7, 11) is 0. The largest absolute Gasteiger partial charge is 0.463 e. The molecule has 2 N–H and O–H groups in total. The first kappa shape index (κ1) is 29.6. The molecule has 4 atom stereocenters. The van der Waals surface area contributed by atoms with Gasteiger partial charge in [0, 0.05) is 6.08 Å². The average molecular weight is 576 g/mol. The predicted octanol–water partition coefficient (Wildman–Crippen LogP) is 4.55. The van der Waals surface area contributed by atoms with Crippen molar-refractivity contribution < 1.29 is 37.7 Å². The molecule has 9 heteroatoms. The van der Waals surface area contributed by atoms with Gasteiger partial charge in [0.1, 0.15) is 11.7 Å². The number of fused-ring (bicyclic) bond motifs is 1. The van der Waals surface area contributed by atoms with Gasteiger partial charge in [-0.1, -0.05) is 91.0 Å². The van der Waals surface area contributed by atoms with E-state index < -0.39 is 53.0 Å². The molecule has 0 unspecified atom stereocenters. The van der Waals surface area contributed by atoms with Gasteiger partial charge in [0.05, 0.1) is 18.8 Å². The third kappa shape index (κ3) is 5.36. The van der Waals surface area contributed by atoms with Crippen LogP contribution in [0.3, 0.4) is 0 Å². The first-order valence-electron chi connectivity index (χ1n) is 13.8. The molecule has 3 aromatic rings. The summed E-state index contributed by atoms with van der Waals surface area (Å²) in [6.07, 6.45) is -3.32. The quantitative estimate of drug-likeness (QED) is 0.215. The molecular formula is C33H34FNO7. The fourth-order valence-corrected chi connectivity index (χ4v) is 5.69. The molecule has 2 aliphatic heterocycles. The maximum absolute atomic E-state index is 17.7. The summed E-state index contributed by atoms with van der Waals surface area (Å²) in [5, 5.41) is 0. The Bertz CT molecular complexity index is 1330. The number of ether oxygens (including phenoxy) is 5. The van der Waals surface area contributed by atoms with E-state index in [1.165, 1.54) is 0 Å². The van der Waals surface area contributed by atoms with Gasteiger partial charge in [-0.15, -0.1) is 0 Å². The van der Waals surface area contributed by atoms with Gasteiger partial charge in [-0.05, 0) is 37.5 Å². The molecule has 0 spiro atoms. The van der Waals surface area contributed by atoms with E-state index in [0.29, 0.717) is 0 Å². The minimum Gasteiger partial charge on any atom is -0.463 e. The van der Waals surface area contributed by atoms with Crippen LogP contribution >= 0.6 is 0 Å². The lowest BCUT2D eigenvalue weighted by Crippen LogP contribution is -2.52. The molecule has 0 radical (unpaired) electrons. The maximum atomic E-state index is 17.7. The SMILES string of the molecule is CCOC(=O)/C(=C/C(N)=O)[C@]1(F)[C@@H](COC(c2ccccc2)(c2ccccc2)c2ccccc2)O[C@@H]2OC(C)(C)O[C@@H]21. The zero-order chi connectivity index (χ0) is 30.0. The van der Waals surface area contributed by atoms with Gasteiger partial charge in [0.25, 0.3) is 0 Å². The van der Waals surface area contributed by atoms with Crippen LogP contribution in [0.1, 0.15) is 37.5 Å². The van der Waals surface area contributed by atoms with Crippen molar-refractivity contribution in [2.24, 2.45) is 5.73 Å². The van der Waals surface area contributed by atoms with Crippen molar-refractivity contribution in [1.82, 2.24) is 0 Å². The normalized spacial score (nSPS) is 25.1. The summed E-state index contributed by atoms with van der Waals surface area (Å²) in [5.41, 5.74) is 3.26. The third-order valence-corrected chi connectivity index (χ3v) is 7.43. The molecule has 5 rings (SSSR count). The van der Waals surface area contributed by atoms with E-state index in [1.807, 2.05) is 91.0 Å². The van der Waals surface area contributed by atoms with Gasteiger partial charge < -0.3 is 29.4 Å². The number of esters is 1. The van der Waals surface area contributed by atoms with Crippen LogP contribution in [0.15, 0.2) is 103 Å². The van der Waals surface area contributed by atoms with E-state index in [9.17, 15) is 9.59 Å². The van der Waals surface area contributed by atoms with Crippen molar-refractivity contribution in [1.29, 1.82) is 0 Å². The Balaban J connectivity index is 1.63. The second-order valence-corrected chi connectivity index (χ2v) is 10.6. The molecule has 0 aromatic heterocycles. The lowest BCUT2D eigenvalue weighted by molar-refractivity contribution is -0.226. The van der Waals surface area contributed by atoms with Crippen molar-refractivity contribution in [3.8, 4) is 0 Å². The number of carbonyl (C=O) groups excluding carboxylic acids is 2. The van der Waals surface area contributed by atoms with E-state index in [2.05, 4.69) is 0 Å². The topological polar surface area (TPSA) is 106 Å². The Morgan fingerprint density at radius 2 is 1.40 bits per heavy atom. The second kappa shape index (κ2) is 11.8. The van der Waals surface area contributed by atoms with Crippen molar-refractivity contribution in [2.45, 2.75) is 56.3 Å². The van der Waals surface area contributed by atoms with Crippen LogP contribution in [0.25, 0.3) is 0 Å². The first-order valence-corrected chi connectivity index (χ1v) is 13.8. The number of nitrogens with two attached hydrogens (primary N) is 1. The third-order valence-electron chi connectivity index (χ3n) is 7.43. The van der Waals surface area contributed by atoms with Crippen LogP contribution in [-0.4, -0.2) is 55.0 Å². The molecule has 2 heterocycles. The zero-order valence-corrected chi connectivity index (χ0v) is 23.7. The zero-order valence-electron chi connectivity index (χ0n) is 23.7. The van der Waals surface area contributed by atoms with Gasteiger partial charge in [0.15, 0.2) is 18.2 Å². The molecule has 0 bridgehead atoms. The van der Waals surface area contributed by atoms with E-state index in [0.717, 1.165) is 22.8 Å². The Hall–Kier alpha value is -3.89. The minimum atomic E-state index is -2.71. The summed E-state index contributed by atoms with van der Waals surface area (Å²) < 4.78 is 47.5. The molecule has 2 aliphatic rings. The number of halogens is 1. The van der Waals surface area contributed by atoms with Gasteiger partial charge in [-0.25, -0.2) is 9.18 Å². The van der Waals surface area contributed by atoms with E-state index >= 15 is 4.39 Å². The molecule has 3 aromatic carbocycles. The Kier molecular flexibility index (Phi) is 8.30. The molecule has 2 saturated heterocycles. The number of amides is 1. The number of carbonyl (C=O) groups is 2. The summed E-state index contributed by atoms with van der Waals surface area (Å²) in [5.74, 6) is -3.29. The highest BCUT2D eigenvalue weighted by atomic mass is 19.1. The fraction of sp³-hybridized carbons (Fsp3) is 0.333. The van der Waals surface area contributed by atoms with Crippen molar-refractivity contribution in [3.05, 3.63) is 119 Å². The predicted molar refractivity (Wildman–Crippen MR) is 152 cm³/mol. The lowest BCUT2D eigenvalue weighted by atomic mass is 9.79. The number of hydrogen-bond donors (Lipinski definition) is 1. The highest BCUT2D eigenvalue weighted by molar-refractivity contribution is 5.99. The molecule has 0 saturated carbocycles. The summed E-state index contributed by atoms with van der Waals surface area (Å²) in [6, 6.07) is 28.6. The standard InChI is InChI=1S/C33H34FNO7/c1-4-38-29(37)25(20-27(35)36)32(34)26(40-30-28(32)41-31(2,3)42-30)21-39-33(22-14-8-5-9-15-22,23-16-10-6-11-17-23)24-18-12-7-13-19-24/h5-20,26,28,30H,4,21H2,1-3H3,(H2,35,36)/b25-20-/t26-,28+,30-,32+/m1/s1. The first-order chi connectivity index (χ1) is 20.1. The number of primary amides is 1. The van der Waals surface area contributed by atoms with Crippen LogP contribution in [0.5, 0.6) is 0 Å². The smallest absolute Gasteiger partial charge is 0.337 e. The average Bonchev–Trinajstić information content (AvgIpc) is 3.43. The lowest BCUT2D eigenvalue weighted by Gasteiger charge is -2.38. The van der Waals surface area contributed by atoms with Crippen LogP contribution in [0.2, 0.25) is 0 Å². The molecule has 0 aliphatic carbocycles. The fourth-order valence-electron chi connectivity index (χ4n) is 5.69. The van der Waals surface area contributed by atoms with Crippen LogP contribution in [-0.2, 0) is 38.9 Å². The van der Waals surface area contributed by atoms with Crippen molar-refractivity contribution in [3.63, 3.8) is 0 Å². The number of rotatable bonds is 10. The summed E-state index contributed by atoms with van der Waals surface area (Å²) in [6.45, 7) is 4.36. The highest BCUT2D eigenvalue weighted by Crippen LogP contribution is 2.50. The van der Waals surface area contributed by atoms with Gasteiger partial charge in [0.2, 0.25) is 11.6 Å². The molecule has 2 fully saturated rings. The maximum Gasteiger partial charge on any atom is 0.337 e. The van der Waals surface area contributed by atoms with Gasteiger partial charge in [-0.3, -0.25) is 4.79 Å². The second-order valence-electron chi connectivity index (χ2n) is 10.6. The van der Waals surface area contributed by atoms with Gasteiger partial charge >= 0.3 is 5.97 Å². The van der Waals surface area contributed by atoms with Crippen molar-refractivity contribution >= 4 is 11.9 Å². The molecular weight excluding hydrogens is 541 g/mol. The molecule has 1 amide bonds. The van der Waals surface area contributed by atoms with Crippen LogP contribution < -0.4 is 5.73 Å². The van der Waals surface area contributed by atoms with E-state index in [4.69, 9.17) is 29.4 Å². The summed E-state index contributed by atoms with van der Waals surface area (Å²) >= 11 is 0. The van der Waals surface area contributed by atoms with Gasteiger partial charge in [-0.2, -0.15) is 0 Å². The Morgan fingerprint density at radius 3 is 1.86 bits per heavy atom.